The van der Waals surface area contributed by atoms with E-state index in [-0.39, 0.29) is 17.2 Å². The van der Waals surface area contributed by atoms with Gasteiger partial charge in [-0.3, -0.25) is 4.68 Å². The molecule has 0 radical (unpaired) electrons. The normalized spacial score (nSPS) is 31.0. The van der Waals surface area contributed by atoms with Gasteiger partial charge in [0.05, 0.1) is 18.3 Å². The maximum Gasteiger partial charge on any atom is 0.123 e. The molecule has 2 bridgehead atoms. The van der Waals surface area contributed by atoms with E-state index in [1.165, 1.54) is 28.8 Å². The molecule has 0 amide bonds. The smallest absolute Gasteiger partial charge is 0.123 e. The molecule has 3 aromatic rings. The highest BCUT2D eigenvalue weighted by atomic mass is 19.1. The van der Waals surface area contributed by atoms with Gasteiger partial charge in [-0.15, -0.1) is 5.10 Å². The van der Waals surface area contributed by atoms with Gasteiger partial charge in [-0.2, -0.15) is 0 Å². The lowest BCUT2D eigenvalue weighted by atomic mass is 9.63. The predicted octanol–water partition coefficient (Wildman–Crippen LogP) is 5.13. The molecule has 1 aromatic heterocycles. The summed E-state index contributed by atoms with van der Waals surface area (Å²) in [5.74, 6) is 0.445. The van der Waals surface area contributed by atoms with Gasteiger partial charge in [-0.1, -0.05) is 30.0 Å². The third-order valence-corrected chi connectivity index (χ3v) is 8.19. The van der Waals surface area contributed by atoms with E-state index in [2.05, 4.69) is 42.0 Å². The molecule has 1 spiro atoms. The molecular formula is C26H26FN3O. The maximum atomic E-state index is 13.3. The Morgan fingerprint density at radius 1 is 1.23 bits per heavy atom. The molecule has 5 heteroatoms. The summed E-state index contributed by atoms with van der Waals surface area (Å²) in [6.07, 6.45) is 5.40. The minimum atomic E-state index is -0.730. The second-order valence-corrected chi connectivity index (χ2v) is 9.78. The monoisotopic (exact) mass is 415 g/mol. The predicted molar refractivity (Wildman–Crippen MR) is 117 cm³/mol. The zero-order valence-corrected chi connectivity index (χ0v) is 17.7. The first-order chi connectivity index (χ1) is 14.9. The molecule has 158 valence electrons. The van der Waals surface area contributed by atoms with Crippen molar-refractivity contribution in [2.24, 2.45) is 5.41 Å². The van der Waals surface area contributed by atoms with Crippen LogP contribution >= 0.6 is 0 Å². The van der Waals surface area contributed by atoms with Crippen molar-refractivity contribution in [1.82, 2.24) is 15.0 Å². The lowest BCUT2D eigenvalue weighted by Gasteiger charge is -2.42. The van der Waals surface area contributed by atoms with Crippen LogP contribution < -0.4 is 0 Å². The highest BCUT2D eigenvalue weighted by molar-refractivity contribution is 5.57. The number of rotatable bonds is 3. The van der Waals surface area contributed by atoms with E-state index in [1.54, 1.807) is 12.1 Å². The first kappa shape index (κ1) is 18.9. The van der Waals surface area contributed by atoms with E-state index in [0.29, 0.717) is 12.5 Å². The number of benzene rings is 2. The topological polar surface area (TPSA) is 50.9 Å². The average Bonchev–Trinajstić information content (AvgIpc) is 3.36. The van der Waals surface area contributed by atoms with Crippen LogP contribution in [-0.2, 0) is 6.54 Å². The molecule has 2 saturated carbocycles. The Labute approximate surface area is 181 Å². The second-order valence-electron chi connectivity index (χ2n) is 9.78. The van der Waals surface area contributed by atoms with E-state index < -0.39 is 5.60 Å². The lowest BCUT2D eigenvalue weighted by Crippen LogP contribution is -2.39. The van der Waals surface area contributed by atoms with Crippen LogP contribution in [0.1, 0.15) is 54.2 Å². The van der Waals surface area contributed by atoms with E-state index in [4.69, 9.17) is 0 Å². The highest BCUT2D eigenvalue weighted by Crippen LogP contribution is 2.71. The molecule has 4 nitrogen and oxygen atoms in total. The largest absolute Gasteiger partial charge is 0.386 e. The van der Waals surface area contributed by atoms with Gasteiger partial charge < -0.3 is 5.11 Å². The van der Waals surface area contributed by atoms with Crippen molar-refractivity contribution in [3.8, 4) is 11.3 Å². The Morgan fingerprint density at radius 2 is 2.03 bits per heavy atom. The summed E-state index contributed by atoms with van der Waals surface area (Å²) in [7, 11) is 0. The molecule has 4 atom stereocenters. The minimum absolute atomic E-state index is 0.0134. The van der Waals surface area contributed by atoms with Crippen molar-refractivity contribution >= 4 is 0 Å². The summed E-state index contributed by atoms with van der Waals surface area (Å²) in [6, 6.07) is 13.0. The Kier molecular flexibility index (Phi) is 3.89. The Bertz CT molecular complexity index is 1200. The number of aryl methyl sites for hydroxylation is 1. The molecule has 6 rings (SSSR count). The molecule has 0 saturated heterocycles. The van der Waals surface area contributed by atoms with Gasteiger partial charge in [0.15, 0.2) is 0 Å². The summed E-state index contributed by atoms with van der Waals surface area (Å²) >= 11 is 0. The fourth-order valence-corrected chi connectivity index (χ4v) is 6.80. The maximum absolute atomic E-state index is 13.3. The third-order valence-electron chi connectivity index (χ3n) is 8.19. The Balaban J connectivity index is 1.41. The van der Waals surface area contributed by atoms with Crippen LogP contribution in [0, 0.1) is 18.2 Å². The summed E-state index contributed by atoms with van der Waals surface area (Å²) < 4.78 is 15.2. The quantitative estimate of drug-likeness (QED) is 0.603. The number of aromatic nitrogens is 3. The number of fused-ring (bicyclic) bond motifs is 3. The lowest BCUT2D eigenvalue weighted by molar-refractivity contribution is 0.00371. The van der Waals surface area contributed by atoms with Crippen molar-refractivity contribution in [3.63, 3.8) is 0 Å². The van der Waals surface area contributed by atoms with E-state index in [1.807, 2.05) is 10.9 Å². The van der Waals surface area contributed by atoms with Gasteiger partial charge in [-0.25, -0.2) is 4.39 Å². The van der Waals surface area contributed by atoms with Crippen LogP contribution in [-0.4, -0.2) is 25.7 Å². The molecule has 1 N–H and O–H groups in total. The van der Waals surface area contributed by atoms with Crippen LogP contribution in [0.3, 0.4) is 0 Å². The molecule has 2 fully saturated rings. The Morgan fingerprint density at radius 3 is 2.84 bits per heavy atom. The number of nitrogens with zero attached hydrogens (tertiary/aromatic N) is 3. The van der Waals surface area contributed by atoms with Crippen LogP contribution in [0.2, 0.25) is 0 Å². The number of halogens is 1. The van der Waals surface area contributed by atoms with Crippen LogP contribution in [0.5, 0.6) is 0 Å². The van der Waals surface area contributed by atoms with E-state index >= 15 is 0 Å². The van der Waals surface area contributed by atoms with Crippen molar-refractivity contribution in [1.29, 1.82) is 0 Å². The first-order valence-electron chi connectivity index (χ1n) is 11.1. The van der Waals surface area contributed by atoms with Crippen LogP contribution in [0.25, 0.3) is 11.3 Å². The van der Waals surface area contributed by atoms with Gasteiger partial charge in [0.1, 0.15) is 11.5 Å². The molecular weight excluding hydrogens is 389 g/mol. The standard InChI is InChI=1S/C26H26FN3O/c1-16-4-3-5-20-21-10-11-26(31)15-25(21,12-17(26)2)22(24(16)20)13-30-14-23(28-29-30)18-6-8-19(27)9-7-18/h3-9,14,21-22,31H,2,10-13,15H2,1H3/t21-,22-,25-,26-/m0/s1. The number of hydrogen-bond donors (Lipinski definition) is 1. The zero-order valence-electron chi connectivity index (χ0n) is 17.7. The van der Waals surface area contributed by atoms with Gasteiger partial charge in [-0.05, 0) is 90.5 Å². The number of aliphatic hydroxyl groups is 1. The third kappa shape index (κ3) is 2.62. The average molecular weight is 416 g/mol. The molecule has 31 heavy (non-hydrogen) atoms. The molecule has 2 aromatic carbocycles. The summed E-state index contributed by atoms with van der Waals surface area (Å²) in [5.41, 5.74) is 6.03. The van der Waals surface area contributed by atoms with Gasteiger partial charge in [0, 0.05) is 11.5 Å². The fourth-order valence-electron chi connectivity index (χ4n) is 6.80. The summed E-state index contributed by atoms with van der Waals surface area (Å²) in [5, 5.41) is 20.0. The number of hydrogen-bond acceptors (Lipinski definition) is 3. The molecule has 0 unspecified atom stereocenters. The zero-order chi connectivity index (χ0) is 21.4. The second kappa shape index (κ2) is 6.36. The van der Waals surface area contributed by atoms with Crippen molar-refractivity contribution < 1.29 is 9.50 Å². The highest BCUT2D eigenvalue weighted by Gasteiger charge is 2.64. The van der Waals surface area contributed by atoms with Crippen LogP contribution in [0.15, 0.2) is 60.8 Å². The molecule has 3 aliphatic carbocycles. The Hall–Kier alpha value is -2.79. The fraction of sp³-hybridized carbons (Fsp3) is 0.385. The summed E-state index contributed by atoms with van der Waals surface area (Å²) in [6.45, 7) is 7.20. The van der Waals surface area contributed by atoms with Crippen molar-refractivity contribution in [2.45, 2.75) is 56.6 Å². The SMILES string of the molecule is C=C1C[C@]23C[C@@]1(O)CC[C@H]2c1cccc(C)c1[C@@H]3Cn1cc(-c2ccc(F)cc2)nn1. The molecule has 1 heterocycles. The molecule has 3 aliphatic rings. The van der Waals surface area contributed by atoms with Crippen molar-refractivity contribution in [2.75, 3.05) is 0 Å². The summed E-state index contributed by atoms with van der Waals surface area (Å²) in [4.78, 5) is 0. The molecule has 0 aliphatic heterocycles. The van der Waals surface area contributed by atoms with Crippen LogP contribution in [0.4, 0.5) is 4.39 Å². The van der Waals surface area contributed by atoms with Gasteiger partial charge >= 0.3 is 0 Å². The van der Waals surface area contributed by atoms with Gasteiger partial charge in [0.25, 0.3) is 0 Å². The van der Waals surface area contributed by atoms with E-state index in [9.17, 15) is 9.50 Å². The van der Waals surface area contributed by atoms with Crippen molar-refractivity contribution in [3.05, 3.63) is 83.3 Å². The van der Waals surface area contributed by atoms with E-state index in [0.717, 1.165) is 42.5 Å². The minimum Gasteiger partial charge on any atom is -0.386 e. The first-order valence-corrected chi connectivity index (χ1v) is 11.1. The van der Waals surface area contributed by atoms with Gasteiger partial charge in [0.2, 0.25) is 0 Å².